The largest absolute Gasteiger partial charge is 0.365 e. The number of hydrogen-bond donors (Lipinski definition) is 2. The Balaban J connectivity index is 1.53. The summed E-state index contributed by atoms with van der Waals surface area (Å²) in [7, 11) is 0. The molecule has 0 atom stereocenters. The second-order valence-corrected chi connectivity index (χ2v) is 9.82. The highest BCUT2D eigenvalue weighted by molar-refractivity contribution is 6.02. The molecule has 2 amide bonds. The van der Waals surface area contributed by atoms with Crippen LogP contribution in [0.25, 0.3) is 0 Å². The van der Waals surface area contributed by atoms with Crippen LogP contribution < -0.4 is 11.1 Å². The second-order valence-electron chi connectivity index (χ2n) is 9.82. The van der Waals surface area contributed by atoms with Crippen LogP contribution in [0.1, 0.15) is 69.2 Å². The maximum Gasteiger partial charge on any atom is 0.254 e. The monoisotopic (exact) mass is 398 g/mol. The zero-order valence-corrected chi connectivity index (χ0v) is 17.3. The van der Waals surface area contributed by atoms with E-state index in [0.717, 1.165) is 51.6 Å². The summed E-state index contributed by atoms with van der Waals surface area (Å²) < 4.78 is 1.73. The number of nitrogens with two attached hydrogens (primary N) is 1. The molecule has 0 radical (unpaired) electrons. The SMILES string of the molecule is CC1(C)CN([C@H]2CC[C@](CC#N)(n3cc(C(N)=O)c(NC(=O)C4CC4)n3)CC2)C1. The van der Waals surface area contributed by atoms with Gasteiger partial charge in [-0.1, -0.05) is 13.8 Å². The molecule has 8 nitrogen and oxygen atoms in total. The topological polar surface area (TPSA) is 117 Å². The zero-order chi connectivity index (χ0) is 20.8. The van der Waals surface area contributed by atoms with Crippen molar-refractivity contribution >= 4 is 17.6 Å². The van der Waals surface area contributed by atoms with E-state index in [9.17, 15) is 14.9 Å². The van der Waals surface area contributed by atoms with Gasteiger partial charge >= 0.3 is 0 Å². The third kappa shape index (κ3) is 3.88. The van der Waals surface area contributed by atoms with E-state index in [1.54, 1.807) is 10.9 Å². The van der Waals surface area contributed by atoms with Crippen molar-refractivity contribution in [2.75, 3.05) is 18.4 Å². The Morgan fingerprint density at radius 2 is 1.93 bits per heavy atom. The summed E-state index contributed by atoms with van der Waals surface area (Å²) >= 11 is 0. The molecule has 2 aliphatic carbocycles. The fourth-order valence-corrected chi connectivity index (χ4v) is 4.90. The third-order valence-corrected chi connectivity index (χ3v) is 6.73. The van der Waals surface area contributed by atoms with Crippen molar-refractivity contribution in [2.45, 2.75) is 70.4 Å². The average Bonchev–Trinajstić information content (AvgIpc) is 3.41. The number of carbonyl (C=O) groups is 2. The fourth-order valence-electron chi connectivity index (χ4n) is 4.90. The van der Waals surface area contributed by atoms with Gasteiger partial charge in [0.2, 0.25) is 5.91 Å². The van der Waals surface area contributed by atoms with E-state index in [1.807, 2.05) is 0 Å². The van der Waals surface area contributed by atoms with Crippen LogP contribution in [0.4, 0.5) is 5.82 Å². The number of likely N-dealkylation sites (tertiary alicyclic amines) is 1. The lowest BCUT2D eigenvalue weighted by molar-refractivity contribution is -0.117. The van der Waals surface area contributed by atoms with Gasteiger partial charge in [0.05, 0.1) is 18.0 Å². The summed E-state index contributed by atoms with van der Waals surface area (Å²) in [5, 5.41) is 16.8. The molecule has 3 N–H and O–H groups in total. The Labute approximate surface area is 171 Å². The van der Waals surface area contributed by atoms with Crippen molar-refractivity contribution in [1.29, 1.82) is 5.26 Å². The number of hydrogen-bond acceptors (Lipinski definition) is 5. The zero-order valence-electron chi connectivity index (χ0n) is 17.3. The number of rotatable bonds is 6. The van der Waals surface area contributed by atoms with Gasteiger partial charge in [0, 0.05) is 31.2 Å². The quantitative estimate of drug-likeness (QED) is 0.762. The highest BCUT2D eigenvalue weighted by atomic mass is 16.2. The van der Waals surface area contributed by atoms with Crippen LogP contribution >= 0.6 is 0 Å². The molecule has 1 aliphatic heterocycles. The lowest BCUT2D eigenvalue weighted by Crippen LogP contribution is -2.58. The first-order valence-corrected chi connectivity index (χ1v) is 10.5. The summed E-state index contributed by atoms with van der Waals surface area (Å²) in [6, 6.07) is 2.85. The summed E-state index contributed by atoms with van der Waals surface area (Å²) in [5.74, 6) is -0.509. The van der Waals surface area contributed by atoms with Gasteiger partial charge < -0.3 is 11.1 Å². The van der Waals surface area contributed by atoms with E-state index in [2.05, 4.69) is 35.2 Å². The smallest absolute Gasteiger partial charge is 0.254 e. The standard InChI is InChI=1S/C21H30N6O2/c1-20(2)12-26(13-20)15-5-7-21(8-6-15,9-10-22)27-11-16(17(23)28)18(25-27)24-19(29)14-3-4-14/h11,14-15H,3-9,12-13H2,1-2H3,(H2,23,28)(H,24,25,29)/t15-,21-. The van der Waals surface area contributed by atoms with Crippen LogP contribution in [0.2, 0.25) is 0 Å². The van der Waals surface area contributed by atoms with Gasteiger partial charge in [-0.05, 0) is 43.9 Å². The molecule has 1 saturated heterocycles. The van der Waals surface area contributed by atoms with Crippen molar-refractivity contribution < 1.29 is 9.59 Å². The first-order valence-electron chi connectivity index (χ1n) is 10.5. The Kier molecular flexibility index (Phi) is 4.89. The van der Waals surface area contributed by atoms with Crippen LogP contribution in [0, 0.1) is 22.7 Å². The molecule has 156 valence electrons. The van der Waals surface area contributed by atoms with Crippen molar-refractivity contribution in [2.24, 2.45) is 17.1 Å². The summed E-state index contributed by atoms with van der Waals surface area (Å²) in [6.07, 6.45) is 7.30. The highest BCUT2D eigenvalue weighted by Gasteiger charge is 2.44. The first-order chi connectivity index (χ1) is 13.7. The molecule has 0 unspecified atom stereocenters. The van der Waals surface area contributed by atoms with E-state index in [0.29, 0.717) is 17.9 Å². The van der Waals surface area contributed by atoms with Gasteiger partial charge in [0.15, 0.2) is 5.82 Å². The molecule has 2 saturated carbocycles. The molecule has 3 aliphatic rings. The second kappa shape index (κ2) is 7.13. The summed E-state index contributed by atoms with van der Waals surface area (Å²) in [6.45, 7) is 6.82. The number of aromatic nitrogens is 2. The minimum absolute atomic E-state index is 0.00478. The first kappa shape index (κ1) is 19.9. The molecule has 0 aromatic carbocycles. The lowest BCUT2D eigenvalue weighted by Gasteiger charge is -2.52. The number of carbonyl (C=O) groups excluding carboxylic acids is 2. The van der Waals surface area contributed by atoms with Gasteiger partial charge in [-0.25, -0.2) is 0 Å². The number of nitrogens with one attached hydrogen (secondary N) is 1. The molecule has 0 bridgehead atoms. The maximum absolute atomic E-state index is 12.2. The van der Waals surface area contributed by atoms with Crippen LogP contribution in [-0.4, -0.2) is 45.6 Å². The van der Waals surface area contributed by atoms with Crippen molar-refractivity contribution in [3.8, 4) is 6.07 Å². The van der Waals surface area contributed by atoms with Gasteiger partial charge in [-0.15, -0.1) is 0 Å². The van der Waals surface area contributed by atoms with Gasteiger partial charge in [0.1, 0.15) is 5.56 Å². The van der Waals surface area contributed by atoms with Crippen molar-refractivity contribution in [1.82, 2.24) is 14.7 Å². The molecule has 3 fully saturated rings. The predicted octanol–water partition coefficient (Wildman–Crippen LogP) is 2.22. The fraction of sp³-hybridized carbons (Fsp3) is 0.714. The minimum atomic E-state index is -0.619. The molecule has 8 heteroatoms. The Morgan fingerprint density at radius 1 is 1.28 bits per heavy atom. The summed E-state index contributed by atoms with van der Waals surface area (Å²) in [5.41, 5.74) is 5.69. The highest BCUT2D eigenvalue weighted by Crippen LogP contribution is 2.43. The number of nitrogens with zero attached hydrogens (tertiary/aromatic N) is 4. The van der Waals surface area contributed by atoms with Crippen LogP contribution in [0.3, 0.4) is 0 Å². The molecule has 4 rings (SSSR count). The van der Waals surface area contributed by atoms with Gasteiger partial charge in [-0.2, -0.15) is 10.4 Å². The van der Waals surface area contributed by atoms with E-state index in [1.165, 1.54) is 0 Å². The van der Waals surface area contributed by atoms with Crippen molar-refractivity contribution in [3.05, 3.63) is 11.8 Å². The molecule has 2 heterocycles. The Bertz CT molecular complexity index is 847. The van der Waals surface area contributed by atoms with Crippen LogP contribution in [0.5, 0.6) is 0 Å². The number of amides is 2. The van der Waals surface area contributed by atoms with E-state index in [4.69, 9.17) is 5.73 Å². The predicted molar refractivity (Wildman–Crippen MR) is 108 cm³/mol. The molecule has 1 aromatic rings. The number of anilines is 1. The van der Waals surface area contributed by atoms with Gasteiger partial charge in [0.25, 0.3) is 5.91 Å². The molecule has 29 heavy (non-hydrogen) atoms. The minimum Gasteiger partial charge on any atom is -0.365 e. The van der Waals surface area contributed by atoms with Crippen molar-refractivity contribution in [3.63, 3.8) is 0 Å². The Morgan fingerprint density at radius 3 is 2.45 bits per heavy atom. The number of primary amides is 1. The van der Waals surface area contributed by atoms with E-state index >= 15 is 0 Å². The number of nitriles is 1. The normalized spacial score (nSPS) is 28.9. The van der Waals surface area contributed by atoms with E-state index in [-0.39, 0.29) is 23.2 Å². The lowest BCUT2D eigenvalue weighted by atomic mass is 9.74. The molecule has 1 aromatic heterocycles. The third-order valence-electron chi connectivity index (χ3n) is 6.73. The van der Waals surface area contributed by atoms with Crippen LogP contribution in [-0.2, 0) is 10.3 Å². The molecular weight excluding hydrogens is 368 g/mol. The van der Waals surface area contributed by atoms with Gasteiger partial charge in [-0.3, -0.25) is 19.2 Å². The molecule has 0 spiro atoms. The summed E-state index contributed by atoms with van der Waals surface area (Å²) in [4.78, 5) is 26.7. The van der Waals surface area contributed by atoms with E-state index < -0.39 is 11.4 Å². The Hall–Kier alpha value is -2.40. The average molecular weight is 399 g/mol. The molecular formula is C21H30N6O2. The van der Waals surface area contributed by atoms with Crippen LogP contribution in [0.15, 0.2) is 6.20 Å². The maximum atomic E-state index is 12.2.